The molecule has 0 spiro atoms. The molecule has 4 aliphatic rings. The molecule has 4 fully saturated rings. The van der Waals surface area contributed by atoms with Crippen LogP contribution in [-0.4, -0.2) is 86.9 Å². The van der Waals surface area contributed by atoms with Gasteiger partial charge in [0.2, 0.25) is 0 Å². The van der Waals surface area contributed by atoms with Crippen molar-refractivity contribution in [2.45, 2.75) is 88.7 Å². The molecule has 0 saturated carbocycles. The fourth-order valence-electron chi connectivity index (χ4n) is 7.80. The average Bonchev–Trinajstić information content (AvgIpc) is 3.65. The van der Waals surface area contributed by atoms with Crippen LogP contribution in [0.15, 0.2) is 30.5 Å². The Bertz CT molecular complexity index is 1640. The molecule has 3 aromatic rings. The molecule has 2 atom stereocenters. The minimum Gasteiger partial charge on any atom is -0.461 e. The summed E-state index contributed by atoms with van der Waals surface area (Å²) in [5.74, 6) is -0.588. The van der Waals surface area contributed by atoms with E-state index in [2.05, 4.69) is 14.9 Å². The Kier molecular flexibility index (Phi) is 7.52. The molecule has 7 rings (SSSR count). The predicted octanol–water partition coefficient (Wildman–Crippen LogP) is 6.45. The fraction of sp³-hybridized carbons (Fsp3) is 0.576. The second-order valence-corrected chi connectivity index (χ2v) is 13.9. The summed E-state index contributed by atoms with van der Waals surface area (Å²) >= 11 is 0. The van der Waals surface area contributed by atoms with E-state index in [0.29, 0.717) is 25.5 Å². The highest BCUT2D eigenvalue weighted by Gasteiger charge is 2.47. The number of alkyl halides is 3. The first-order valence-electron chi connectivity index (χ1n) is 16.0. The second-order valence-electron chi connectivity index (χ2n) is 13.9. The van der Waals surface area contributed by atoms with Crippen LogP contribution in [0.2, 0.25) is 0 Å². The number of nitrogens with zero attached hydrogens (tertiary/aromatic N) is 6. The van der Waals surface area contributed by atoms with Crippen molar-refractivity contribution in [1.82, 2.24) is 24.8 Å². The number of carbonyl (C=O) groups is 1. The van der Waals surface area contributed by atoms with E-state index in [0.717, 1.165) is 57.7 Å². The number of benzene rings is 1. The number of fused-ring (bicyclic) bond motifs is 4. The van der Waals surface area contributed by atoms with Gasteiger partial charge in [0.05, 0.1) is 28.6 Å². The molecule has 2 aromatic heterocycles. The van der Waals surface area contributed by atoms with E-state index in [-0.39, 0.29) is 46.2 Å². The quantitative estimate of drug-likeness (QED) is 0.294. The fourth-order valence-corrected chi connectivity index (χ4v) is 7.80. The Morgan fingerprint density at radius 2 is 1.70 bits per heavy atom. The van der Waals surface area contributed by atoms with Crippen molar-refractivity contribution in [1.29, 1.82) is 0 Å². The molecule has 46 heavy (non-hydrogen) atoms. The molecule has 2 unspecified atom stereocenters. The lowest BCUT2D eigenvalue weighted by Gasteiger charge is -2.42. The number of amides is 1. The van der Waals surface area contributed by atoms with E-state index in [9.17, 15) is 18.0 Å². The molecule has 9 nitrogen and oxygen atoms in total. The van der Waals surface area contributed by atoms with Crippen LogP contribution in [0.4, 0.5) is 28.2 Å². The Balaban J connectivity index is 1.28. The van der Waals surface area contributed by atoms with Crippen LogP contribution in [0.25, 0.3) is 22.2 Å². The van der Waals surface area contributed by atoms with E-state index < -0.39 is 28.9 Å². The molecule has 4 saturated heterocycles. The normalized spacial score (nSPS) is 22.8. The molecule has 2 bridgehead atoms. The molecule has 0 radical (unpaired) electrons. The maximum absolute atomic E-state index is 16.4. The number of pyridine rings is 1. The standard InChI is InChI=1S/C33H38F4N6O3/c1-31(2,3)46-30(44)43-20-10-11-21(43)18-41(17-20)28-23-16-38-26(22-8-4-5-9-24(22)33(35,36)37)25(34)27(23)39-29(40-28)45-19-32-12-6-14-42(32)15-7-13-32/h4-5,8-9,16,20-21H,6-7,10-15,17-19H2,1-3H3. The van der Waals surface area contributed by atoms with E-state index in [1.165, 1.54) is 24.4 Å². The summed E-state index contributed by atoms with van der Waals surface area (Å²) in [5, 5.41) is 0.268. The summed E-state index contributed by atoms with van der Waals surface area (Å²) in [5.41, 5.74) is -2.71. The van der Waals surface area contributed by atoms with Crippen molar-refractivity contribution in [3.63, 3.8) is 0 Å². The molecular weight excluding hydrogens is 604 g/mol. The molecular formula is C33H38F4N6O3. The van der Waals surface area contributed by atoms with Crippen molar-refractivity contribution in [2.75, 3.05) is 37.7 Å². The van der Waals surface area contributed by atoms with Crippen molar-refractivity contribution in [2.24, 2.45) is 0 Å². The first-order chi connectivity index (χ1) is 21.8. The van der Waals surface area contributed by atoms with Gasteiger partial charge in [0.15, 0.2) is 5.82 Å². The average molecular weight is 643 g/mol. The predicted molar refractivity (Wildman–Crippen MR) is 163 cm³/mol. The van der Waals surface area contributed by atoms with Gasteiger partial charge in [-0.05, 0) is 78.5 Å². The SMILES string of the molecule is CC(C)(C)OC(=O)N1C2CCC1CN(c1nc(OCC34CCCN3CCC4)nc3c(F)c(-c4ccccc4C(F)(F)F)ncc13)C2. The summed E-state index contributed by atoms with van der Waals surface area (Å²) in [6.45, 7) is 8.66. The molecule has 246 valence electrons. The summed E-state index contributed by atoms with van der Waals surface area (Å²) in [7, 11) is 0. The first kappa shape index (κ1) is 30.9. The molecule has 6 heterocycles. The molecule has 1 aromatic carbocycles. The van der Waals surface area contributed by atoms with Gasteiger partial charge in [-0.2, -0.15) is 23.1 Å². The summed E-state index contributed by atoms with van der Waals surface area (Å²) in [6.07, 6.45) is 1.93. The lowest BCUT2D eigenvalue weighted by atomic mass is 9.95. The van der Waals surface area contributed by atoms with Gasteiger partial charge in [-0.3, -0.25) is 14.8 Å². The van der Waals surface area contributed by atoms with Crippen LogP contribution in [0.1, 0.15) is 64.9 Å². The van der Waals surface area contributed by atoms with Crippen LogP contribution in [-0.2, 0) is 10.9 Å². The van der Waals surface area contributed by atoms with E-state index in [1.807, 2.05) is 25.7 Å². The molecule has 0 N–H and O–H groups in total. The largest absolute Gasteiger partial charge is 0.461 e. The number of halogens is 4. The molecule has 0 aliphatic carbocycles. The Hall–Kier alpha value is -3.74. The van der Waals surface area contributed by atoms with Crippen LogP contribution in [0.3, 0.4) is 0 Å². The van der Waals surface area contributed by atoms with Crippen molar-refractivity contribution in [3.8, 4) is 17.3 Å². The topological polar surface area (TPSA) is 83.9 Å². The third-order valence-corrected chi connectivity index (χ3v) is 9.80. The number of hydrogen-bond acceptors (Lipinski definition) is 8. The minimum atomic E-state index is -4.70. The zero-order chi connectivity index (χ0) is 32.4. The van der Waals surface area contributed by atoms with Crippen LogP contribution < -0.4 is 9.64 Å². The Morgan fingerprint density at radius 3 is 2.35 bits per heavy atom. The zero-order valence-electron chi connectivity index (χ0n) is 26.2. The second kappa shape index (κ2) is 11.2. The third-order valence-electron chi connectivity index (χ3n) is 9.80. The molecule has 4 aliphatic heterocycles. The number of anilines is 1. The monoisotopic (exact) mass is 642 g/mol. The van der Waals surface area contributed by atoms with Crippen LogP contribution in [0, 0.1) is 5.82 Å². The highest BCUT2D eigenvalue weighted by Crippen LogP contribution is 2.42. The highest BCUT2D eigenvalue weighted by molar-refractivity contribution is 5.92. The van der Waals surface area contributed by atoms with Gasteiger partial charge in [-0.25, -0.2) is 9.18 Å². The van der Waals surface area contributed by atoms with E-state index in [4.69, 9.17) is 14.5 Å². The number of aromatic nitrogens is 3. The number of carbonyl (C=O) groups excluding carboxylic acids is 1. The van der Waals surface area contributed by atoms with Gasteiger partial charge in [-0.1, -0.05) is 18.2 Å². The van der Waals surface area contributed by atoms with Gasteiger partial charge in [0.25, 0.3) is 0 Å². The van der Waals surface area contributed by atoms with Crippen LogP contribution >= 0.6 is 0 Å². The maximum atomic E-state index is 16.4. The Labute approximate surface area is 264 Å². The van der Waals surface area contributed by atoms with Crippen molar-refractivity contribution < 1.29 is 31.8 Å². The van der Waals surface area contributed by atoms with Crippen molar-refractivity contribution in [3.05, 3.63) is 41.8 Å². The van der Waals surface area contributed by atoms with Gasteiger partial charge in [0.1, 0.15) is 29.2 Å². The molecule has 13 heteroatoms. The highest BCUT2D eigenvalue weighted by atomic mass is 19.4. The number of ether oxygens (including phenoxy) is 2. The van der Waals surface area contributed by atoms with Crippen molar-refractivity contribution >= 4 is 22.8 Å². The van der Waals surface area contributed by atoms with E-state index >= 15 is 4.39 Å². The smallest absolute Gasteiger partial charge is 0.417 e. The molecule has 1 amide bonds. The third kappa shape index (κ3) is 5.50. The summed E-state index contributed by atoms with van der Waals surface area (Å²) < 4.78 is 70.1. The lowest BCUT2D eigenvalue weighted by molar-refractivity contribution is -0.137. The number of rotatable bonds is 5. The zero-order valence-corrected chi connectivity index (χ0v) is 26.2. The summed E-state index contributed by atoms with van der Waals surface area (Å²) in [6, 6.07) is 4.47. The maximum Gasteiger partial charge on any atom is 0.417 e. The summed E-state index contributed by atoms with van der Waals surface area (Å²) in [4.78, 5) is 32.7. The first-order valence-corrected chi connectivity index (χ1v) is 16.0. The van der Waals surface area contributed by atoms with E-state index in [1.54, 1.807) is 4.90 Å². The lowest BCUT2D eigenvalue weighted by Crippen LogP contribution is -2.57. The van der Waals surface area contributed by atoms with Gasteiger partial charge in [0, 0.05) is 24.8 Å². The van der Waals surface area contributed by atoms with Gasteiger partial charge < -0.3 is 14.4 Å². The number of hydrogen-bond donors (Lipinski definition) is 0. The minimum absolute atomic E-state index is 0.0299. The Morgan fingerprint density at radius 1 is 1.02 bits per heavy atom. The van der Waals surface area contributed by atoms with Gasteiger partial charge in [-0.15, -0.1) is 0 Å². The number of piperazine rings is 1. The van der Waals surface area contributed by atoms with Crippen LogP contribution in [0.5, 0.6) is 6.01 Å². The van der Waals surface area contributed by atoms with Gasteiger partial charge >= 0.3 is 18.3 Å².